The molecule has 1 saturated heterocycles. The van der Waals surface area contributed by atoms with Gasteiger partial charge in [-0.15, -0.1) is 24.8 Å². The van der Waals surface area contributed by atoms with Gasteiger partial charge in [-0.2, -0.15) is 10.2 Å². The van der Waals surface area contributed by atoms with Gasteiger partial charge in [-0.25, -0.2) is 4.98 Å². The van der Waals surface area contributed by atoms with Crippen molar-refractivity contribution in [1.29, 1.82) is 0 Å². The summed E-state index contributed by atoms with van der Waals surface area (Å²) in [6, 6.07) is 8.08. The summed E-state index contributed by atoms with van der Waals surface area (Å²) in [5, 5.41) is 20.5. The summed E-state index contributed by atoms with van der Waals surface area (Å²) in [5.74, 6) is 0. The van der Waals surface area contributed by atoms with E-state index in [0.29, 0.717) is 30.3 Å². The number of hydrogen-bond donors (Lipinski definition) is 2. The van der Waals surface area contributed by atoms with Gasteiger partial charge in [0.1, 0.15) is 5.52 Å². The molecule has 0 bridgehead atoms. The summed E-state index contributed by atoms with van der Waals surface area (Å²) in [6.45, 7) is 2.23. The minimum atomic E-state index is -0.866. The molecule has 0 amide bonds. The maximum absolute atomic E-state index is 12.0. The summed E-state index contributed by atoms with van der Waals surface area (Å²) in [5.41, 5.74) is 3.62. The monoisotopic (exact) mass is 539 g/mol. The lowest BCUT2D eigenvalue weighted by Gasteiger charge is -2.38. The van der Waals surface area contributed by atoms with Crippen LogP contribution in [0.15, 0.2) is 41.6 Å². The Kier molecular flexibility index (Phi) is 8.28. The first-order valence-corrected chi connectivity index (χ1v) is 11.3. The molecule has 0 atom stereocenters. The molecule has 0 saturated carbocycles. The lowest BCUT2D eigenvalue weighted by Crippen LogP contribution is -2.45. The third-order valence-electron chi connectivity index (χ3n) is 6.59. The van der Waals surface area contributed by atoms with Gasteiger partial charge in [-0.1, -0.05) is 23.7 Å². The Balaban J connectivity index is 0.00000171. The van der Waals surface area contributed by atoms with Crippen LogP contribution < -0.4 is 5.56 Å². The van der Waals surface area contributed by atoms with Gasteiger partial charge in [0.15, 0.2) is 5.52 Å². The van der Waals surface area contributed by atoms with Gasteiger partial charge in [-0.05, 0) is 30.5 Å². The Bertz CT molecular complexity index is 1370. The van der Waals surface area contributed by atoms with Crippen molar-refractivity contribution >= 4 is 47.4 Å². The molecular formula is C23H28Cl3N7O2. The Morgan fingerprint density at radius 2 is 1.86 bits per heavy atom. The van der Waals surface area contributed by atoms with Gasteiger partial charge in [0.05, 0.1) is 23.3 Å². The van der Waals surface area contributed by atoms with Crippen LogP contribution in [-0.2, 0) is 27.1 Å². The molecule has 188 valence electrons. The van der Waals surface area contributed by atoms with Crippen molar-refractivity contribution in [2.45, 2.75) is 31.4 Å². The lowest BCUT2D eigenvalue weighted by atomic mass is 9.86. The van der Waals surface area contributed by atoms with Crippen LogP contribution in [0, 0.1) is 0 Å². The predicted octanol–water partition coefficient (Wildman–Crippen LogP) is 3.12. The van der Waals surface area contributed by atoms with Gasteiger partial charge in [0.2, 0.25) is 0 Å². The number of benzene rings is 1. The zero-order valence-corrected chi connectivity index (χ0v) is 21.8. The molecular weight excluding hydrogens is 513 g/mol. The highest BCUT2D eigenvalue weighted by molar-refractivity contribution is 6.31. The van der Waals surface area contributed by atoms with Crippen molar-refractivity contribution in [3.63, 3.8) is 0 Å². The molecule has 1 aliphatic rings. The van der Waals surface area contributed by atoms with Gasteiger partial charge >= 0.3 is 0 Å². The number of nitrogens with one attached hydrogen (secondary N) is 1. The Labute approximate surface area is 219 Å². The summed E-state index contributed by atoms with van der Waals surface area (Å²) in [4.78, 5) is 21.2. The molecule has 9 nitrogen and oxygen atoms in total. The van der Waals surface area contributed by atoms with E-state index in [0.717, 1.165) is 47.2 Å². The smallest absolute Gasteiger partial charge is 0.279 e. The van der Waals surface area contributed by atoms with Crippen LogP contribution >= 0.6 is 36.4 Å². The van der Waals surface area contributed by atoms with Crippen molar-refractivity contribution in [1.82, 2.24) is 34.4 Å². The topological polar surface area (TPSA) is 105 Å². The Hall–Kier alpha value is -2.43. The molecule has 0 unspecified atom stereocenters. The second kappa shape index (κ2) is 10.7. The fraction of sp³-hybridized carbons (Fsp3) is 0.391. The minimum absolute atomic E-state index is 0. The SMILES string of the molecule is Cl.Cl.Cn1nccc1-c1ccc(CN2CCC(O)(Cc3c4nc[nH]c(=O)c4nn3C)CC2)c(Cl)c1. The van der Waals surface area contributed by atoms with E-state index in [1.54, 1.807) is 17.9 Å². The number of H-pyrrole nitrogens is 1. The fourth-order valence-electron chi connectivity index (χ4n) is 4.61. The van der Waals surface area contributed by atoms with E-state index in [2.05, 4.69) is 37.2 Å². The molecule has 1 fully saturated rings. The van der Waals surface area contributed by atoms with Crippen LogP contribution in [-0.4, -0.2) is 58.2 Å². The highest BCUT2D eigenvalue weighted by atomic mass is 35.5. The molecule has 1 aliphatic heterocycles. The van der Waals surface area contributed by atoms with Crippen LogP contribution in [0.1, 0.15) is 24.1 Å². The van der Waals surface area contributed by atoms with Gasteiger partial charge in [-0.3, -0.25) is 19.1 Å². The minimum Gasteiger partial charge on any atom is -0.389 e. The first kappa shape index (κ1) is 27.2. The highest BCUT2D eigenvalue weighted by Gasteiger charge is 2.34. The molecule has 2 N–H and O–H groups in total. The largest absolute Gasteiger partial charge is 0.389 e. The van der Waals surface area contributed by atoms with Crippen molar-refractivity contribution in [2.75, 3.05) is 13.1 Å². The van der Waals surface area contributed by atoms with Crippen LogP contribution in [0.2, 0.25) is 5.02 Å². The van der Waals surface area contributed by atoms with Crippen LogP contribution in [0.25, 0.3) is 22.3 Å². The van der Waals surface area contributed by atoms with Crippen LogP contribution in [0.5, 0.6) is 0 Å². The number of aryl methyl sites for hydroxylation is 2. The average molecular weight is 541 g/mol. The molecule has 4 heterocycles. The van der Waals surface area contributed by atoms with E-state index in [1.165, 1.54) is 6.33 Å². The molecule has 0 radical (unpaired) electrons. The zero-order valence-electron chi connectivity index (χ0n) is 19.4. The van der Waals surface area contributed by atoms with Crippen LogP contribution in [0.3, 0.4) is 0 Å². The highest BCUT2D eigenvalue weighted by Crippen LogP contribution is 2.31. The summed E-state index contributed by atoms with van der Waals surface area (Å²) >= 11 is 6.60. The summed E-state index contributed by atoms with van der Waals surface area (Å²) < 4.78 is 3.48. The normalized spacial score (nSPS) is 15.5. The molecule has 0 spiro atoms. The molecule has 5 rings (SSSR count). The summed E-state index contributed by atoms with van der Waals surface area (Å²) in [6.07, 6.45) is 4.80. The Morgan fingerprint density at radius 1 is 1.11 bits per heavy atom. The number of hydrogen-bond acceptors (Lipinski definition) is 6. The second-order valence-corrected chi connectivity index (χ2v) is 9.23. The number of likely N-dealkylation sites (tertiary alicyclic amines) is 1. The third kappa shape index (κ3) is 5.39. The quantitative estimate of drug-likeness (QED) is 0.403. The number of fused-ring (bicyclic) bond motifs is 1. The number of rotatable bonds is 5. The van der Waals surface area contributed by atoms with Gasteiger partial charge in [0, 0.05) is 56.9 Å². The molecule has 4 aromatic rings. The van der Waals surface area contributed by atoms with Crippen LogP contribution in [0.4, 0.5) is 0 Å². The first-order valence-electron chi connectivity index (χ1n) is 10.9. The maximum atomic E-state index is 12.0. The summed E-state index contributed by atoms with van der Waals surface area (Å²) in [7, 11) is 3.70. The van der Waals surface area contributed by atoms with E-state index < -0.39 is 5.60 Å². The number of nitrogens with zero attached hydrogens (tertiary/aromatic N) is 6. The van der Waals surface area contributed by atoms with Gasteiger partial charge < -0.3 is 10.1 Å². The van der Waals surface area contributed by atoms with Crippen molar-refractivity contribution in [3.8, 4) is 11.3 Å². The maximum Gasteiger partial charge on any atom is 0.279 e. The van der Waals surface area contributed by atoms with E-state index in [-0.39, 0.29) is 30.4 Å². The Morgan fingerprint density at radius 3 is 2.51 bits per heavy atom. The number of aromatic amines is 1. The number of piperidine rings is 1. The molecule has 1 aromatic carbocycles. The molecule has 3 aromatic heterocycles. The van der Waals surface area contributed by atoms with Crippen molar-refractivity contribution in [3.05, 3.63) is 63.4 Å². The van der Waals surface area contributed by atoms with Crippen molar-refractivity contribution in [2.24, 2.45) is 14.1 Å². The lowest BCUT2D eigenvalue weighted by molar-refractivity contribution is -0.0235. The van der Waals surface area contributed by atoms with E-state index in [4.69, 9.17) is 11.6 Å². The third-order valence-corrected chi connectivity index (χ3v) is 6.94. The number of aliphatic hydroxyl groups is 1. The standard InChI is InChI=1S/C23H26ClN7O2.2ClH/c1-29-18(5-8-27-29)15-3-4-16(17(24)11-15)13-31-9-6-23(33,7-10-31)12-19-20-21(28-30(19)2)22(32)26-14-25-20;;/h3-5,8,11,14,33H,6-7,9-10,12-13H2,1-2H3,(H,25,26,32);2*1H. The molecule has 12 heteroatoms. The predicted molar refractivity (Wildman–Crippen MR) is 140 cm³/mol. The van der Waals surface area contributed by atoms with Gasteiger partial charge in [0.25, 0.3) is 5.56 Å². The van der Waals surface area contributed by atoms with Crippen molar-refractivity contribution < 1.29 is 5.11 Å². The number of aromatic nitrogens is 6. The second-order valence-electron chi connectivity index (χ2n) is 8.82. The molecule has 35 heavy (non-hydrogen) atoms. The fourth-order valence-corrected chi connectivity index (χ4v) is 4.85. The average Bonchev–Trinajstić information content (AvgIpc) is 3.35. The van der Waals surface area contributed by atoms with E-state index in [9.17, 15) is 9.90 Å². The van der Waals surface area contributed by atoms with E-state index >= 15 is 0 Å². The zero-order chi connectivity index (χ0) is 23.2. The number of halogens is 3. The first-order chi connectivity index (χ1) is 15.8. The van der Waals surface area contributed by atoms with E-state index in [1.807, 2.05) is 23.9 Å². The molecule has 0 aliphatic carbocycles.